The topological polar surface area (TPSA) is 107 Å². The number of nitrogens with zero attached hydrogens (tertiary/aromatic N) is 1. The van der Waals surface area contributed by atoms with E-state index >= 15 is 0 Å². The highest BCUT2D eigenvalue weighted by molar-refractivity contribution is 7.17. The maximum absolute atomic E-state index is 13.1. The van der Waals surface area contributed by atoms with Gasteiger partial charge in [-0.15, -0.1) is 11.3 Å². The Kier molecular flexibility index (Phi) is 7.96. The van der Waals surface area contributed by atoms with E-state index in [1.165, 1.54) is 38.7 Å². The van der Waals surface area contributed by atoms with E-state index in [1.807, 2.05) is 6.07 Å². The van der Waals surface area contributed by atoms with Crippen LogP contribution in [0.15, 0.2) is 17.7 Å². The number of fused-ring (bicyclic) bond motifs is 1. The van der Waals surface area contributed by atoms with Crippen molar-refractivity contribution in [2.75, 3.05) is 33.3 Å². The van der Waals surface area contributed by atoms with Gasteiger partial charge in [-0.3, -0.25) is 4.79 Å². The summed E-state index contributed by atoms with van der Waals surface area (Å²) in [5.41, 5.74) is 1.57. The maximum atomic E-state index is 13.1. The van der Waals surface area contributed by atoms with E-state index in [9.17, 15) is 14.9 Å². The van der Waals surface area contributed by atoms with Crippen LogP contribution in [0.4, 0.5) is 5.00 Å². The van der Waals surface area contributed by atoms with Gasteiger partial charge in [-0.2, -0.15) is 5.26 Å². The number of rotatable bonds is 8. The van der Waals surface area contributed by atoms with Gasteiger partial charge in [0.05, 0.1) is 39.1 Å². The summed E-state index contributed by atoms with van der Waals surface area (Å²) in [5.74, 6) is 0.165. The molecule has 1 N–H and O–H groups in total. The number of carbonyl (C=O) groups excluding carboxylic acids is 2. The Morgan fingerprint density at radius 3 is 2.36 bits per heavy atom. The van der Waals surface area contributed by atoms with E-state index in [4.69, 9.17) is 18.9 Å². The lowest BCUT2D eigenvalue weighted by Gasteiger charge is -2.13. The highest BCUT2D eigenvalue weighted by Gasteiger charge is 2.28. The van der Waals surface area contributed by atoms with Crippen molar-refractivity contribution in [1.82, 2.24) is 0 Å². The number of nitriles is 1. The van der Waals surface area contributed by atoms with Gasteiger partial charge in [0, 0.05) is 17.0 Å². The summed E-state index contributed by atoms with van der Waals surface area (Å²) in [5, 5.41) is 12.9. The summed E-state index contributed by atoms with van der Waals surface area (Å²) in [6.45, 7) is 1.97. The fourth-order valence-electron chi connectivity index (χ4n) is 3.71. The van der Waals surface area contributed by atoms with Crippen molar-refractivity contribution in [3.8, 4) is 23.3 Å². The Labute approximate surface area is 196 Å². The van der Waals surface area contributed by atoms with E-state index in [-0.39, 0.29) is 12.2 Å². The molecule has 0 saturated heterocycles. The van der Waals surface area contributed by atoms with Crippen LogP contribution < -0.4 is 19.5 Å². The first-order valence-corrected chi connectivity index (χ1v) is 11.3. The van der Waals surface area contributed by atoms with Crippen molar-refractivity contribution in [3.05, 3.63) is 39.3 Å². The number of ether oxygens (including phenoxy) is 4. The molecule has 1 aliphatic rings. The molecule has 3 rings (SSSR count). The molecule has 0 saturated carbocycles. The zero-order chi connectivity index (χ0) is 24.0. The molecule has 1 amide bonds. The summed E-state index contributed by atoms with van der Waals surface area (Å²) in [7, 11) is 4.46. The molecule has 0 radical (unpaired) electrons. The predicted molar refractivity (Wildman–Crippen MR) is 125 cm³/mol. The fourth-order valence-corrected chi connectivity index (χ4v) is 4.98. The molecule has 1 aromatic heterocycles. The van der Waals surface area contributed by atoms with Gasteiger partial charge < -0.3 is 24.3 Å². The second kappa shape index (κ2) is 10.9. The molecule has 174 valence electrons. The number of aryl methyl sites for hydroxylation is 1. The fraction of sp³-hybridized carbons (Fsp3) is 0.375. The van der Waals surface area contributed by atoms with E-state index in [1.54, 1.807) is 19.1 Å². The molecule has 0 aliphatic heterocycles. The average Bonchev–Trinajstić information content (AvgIpc) is 3.19. The molecule has 1 heterocycles. The molecule has 1 aromatic carbocycles. The van der Waals surface area contributed by atoms with Gasteiger partial charge in [0.2, 0.25) is 0 Å². The van der Waals surface area contributed by atoms with Crippen LogP contribution in [0.3, 0.4) is 0 Å². The van der Waals surface area contributed by atoms with E-state index in [0.29, 0.717) is 33.4 Å². The van der Waals surface area contributed by atoms with Crippen molar-refractivity contribution in [2.24, 2.45) is 0 Å². The Balaban J connectivity index is 1.99. The molecule has 0 atom stereocenters. The zero-order valence-electron chi connectivity index (χ0n) is 19.1. The number of anilines is 1. The molecule has 0 fully saturated rings. The summed E-state index contributed by atoms with van der Waals surface area (Å²) in [4.78, 5) is 26.8. The van der Waals surface area contributed by atoms with Crippen LogP contribution in [0.1, 0.15) is 46.1 Å². The Morgan fingerprint density at radius 2 is 1.79 bits per heavy atom. The molecule has 9 heteroatoms. The number of hydrogen-bond acceptors (Lipinski definition) is 8. The lowest BCUT2D eigenvalue weighted by atomic mass is 9.95. The average molecular weight is 471 g/mol. The quantitative estimate of drug-likeness (QED) is 0.347. The number of thiophene rings is 1. The third kappa shape index (κ3) is 5.12. The van der Waals surface area contributed by atoms with Crippen molar-refractivity contribution in [3.63, 3.8) is 0 Å². The number of esters is 1. The number of carbonyl (C=O) groups is 2. The zero-order valence-corrected chi connectivity index (χ0v) is 19.9. The molecule has 33 heavy (non-hydrogen) atoms. The second-order valence-electron chi connectivity index (χ2n) is 7.21. The maximum Gasteiger partial charge on any atom is 0.341 e. The number of amides is 1. The monoisotopic (exact) mass is 470 g/mol. The highest BCUT2D eigenvalue weighted by Crippen LogP contribution is 2.39. The third-order valence-corrected chi connectivity index (χ3v) is 6.49. The van der Waals surface area contributed by atoms with Crippen LogP contribution in [0.5, 0.6) is 17.2 Å². The number of hydrogen-bond donors (Lipinski definition) is 1. The van der Waals surface area contributed by atoms with Crippen molar-refractivity contribution >= 4 is 34.3 Å². The minimum absolute atomic E-state index is 0.169. The normalized spacial score (nSPS) is 12.9. The smallest absolute Gasteiger partial charge is 0.341 e. The minimum Gasteiger partial charge on any atom is -0.496 e. The first kappa shape index (κ1) is 24.1. The Hall–Kier alpha value is -3.51. The van der Waals surface area contributed by atoms with Crippen LogP contribution in [-0.4, -0.2) is 39.8 Å². The largest absolute Gasteiger partial charge is 0.496 e. The van der Waals surface area contributed by atoms with E-state index < -0.39 is 11.9 Å². The first-order valence-electron chi connectivity index (χ1n) is 10.5. The summed E-state index contributed by atoms with van der Waals surface area (Å²) < 4.78 is 21.3. The molecule has 0 unspecified atom stereocenters. The summed E-state index contributed by atoms with van der Waals surface area (Å²) in [6.07, 6.45) is 5.01. The summed E-state index contributed by atoms with van der Waals surface area (Å²) in [6, 6.07) is 5.20. The van der Waals surface area contributed by atoms with Gasteiger partial charge in [-0.1, -0.05) is 0 Å². The number of nitrogens with one attached hydrogen (secondary N) is 1. The lowest BCUT2D eigenvalue weighted by molar-refractivity contribution is -0.112. The van der Waals surface area contributed by atoms with E-state index in [2.05, 4.69) is 5.32 Å². The second-order valence-corrected chi connectivity index (χ2v) is 8.31. The Morgan fingerprint density at radius 1 is 1.12 bits per heavy atom. The first-order chi connectivity index (χ1) is 16.0. The van der Waals surface area contributed by atoms with Crippen LogP contribution in [0.25, 0.3) is 6.08 Å². The van der Waals surface area contributed by atoms with Gasteiger partial charge in [-0.05, 0) is 44.2 Å². The SMILES string of the molecule is CCOC(=O)c1c(NC(=O)/C(C#N)=C/c2c(OC)cc(OC)cc2OC)sc2c1CCCC2. The molecular formula is C24H26N2O6S. The van der Waals surface area contributed by atoms with Gasteiger partial charge in [0.15, 0.2) is 0 Å². The van der Waals surface area contributed by atoms with Gasteiger partial charge in [0.25, 0.3) is 5.91 Å². The highest BCUT2D eigenvalue weighted by atomic mass is 32.1. The van der Waals surface area contributed by atoms with Crippen LogP contribution >= 0.6 is 11.3 Å². The Bertz CT molecular complexity index is 1100. The molecule has 0 spiro atoms. The summed E-state index contributed by atoms with van der Waals surface area (Å²) >= 11 is 1.36. The molecule has 1 aliphatic carbocycles. The molecule has 2 aromatic rings. The third-order valence-electron chi connectivity index (χ3n) is 5.28. The van der Waals surface area contributed by atoms with Crippen molar-refractivity contribution in [1.29, 1.82) is 5.26 Å². The molecule has 0 bridgehead atoms. The van der Waals surface area contributed by atoms with Crippen molar-refractivity contribution in [2.45, 2.75) is 32.6 Å². The standard InChI is InChI=1S/C24H26N2O6S/c1-5-32-24(28)21-16-8-6-7-9-20(16)33-23(21)26-22(27)14(13-25)10-17-18(30-3)11-15(29-2)12-19(17)31-4/h10-12H,5-9H2,1-4H3,(H,26,27)/b14-10+. The molecular weight excluding hydrogens is 444 g/mol. The molecule has 8 nitrogen and oxygen atoms in total. The van der Waals surface area contributed by atoms with E-state index in [0.717, 1.165) is 36.1 Å². The van der Waals surface area contributed by atoms with Gasteiger partial charge in [-0.25, -0.2) is 4.79 Å². The number of methoxy groups -OCH3 is 3. The van der Waals surface area contributed by atoms with Crippen LogP contribution in [-0.2, 0) is 22.4 Å². The lowest BCUT2D eigenvalue weighted by Crippen LogP contribution is -2.16. The van der Waals surface area contributed by atoms with Crippen molar-refractivity contribution < 1.29 is 28.5 Å². The minimum atomic E-state index is -0.637. The van der Waals surface area contributed by atoms with Crippen LogP contribution in [0.2, 0.25) is 0 Å². The van der Waals surface area contributed by atoms with Crippen LogP contribution in [0, 0.1) is 11.3 Å². The van der Waals surface area contributed by atoms with Gasteiger partial charge in [0.1, 0.15) is 33.9 Å². The number of benzene rings is 1. The van der Waals surface area contributed by atoms with Gasteiger partial charge >= 0.3 is 5.97 Å². The predicted octanol–water partition coefficient (Wildman–Crippen LogP) is 4.38.